The molecule has 116 valence electrons. The molecule has 1 aliphatic rings. The topological polar surface area (TPSA) is 56.8 Å². The van der Waals surface area contributed by atoms with Crippen LogP contribution in [0.25, 0.3) is 0 Å². The van der Waals surface area contributed by atoms with Gasteiger partial charge in [-0.15, -0.1) is 10.2 Å². The summed E-state index contributed by atoms with van der Waals surface area (Å²) in [6.07, 6.45) is 2.01. The molecule has 0 amide bonds. The van der Waals surface area contributed by atoms with E-state index in [1.807, 2.05) is 18.2 Å². The van der Waals surface area contributed by atoms with Gasteiger partial charge in [-0.1, -0.05) is 29.8 Å². The van der Waals surface area contributed by atoms with Crippen molar-refractivity contribution in [3.63, 3.8) is 0 Å². The van der Waals surface area contributed by atoms with E-state index in [-0.39, 0.29) is 6.10 Å². The Kier molecular flexibility index (Phi) is 5.08. The molecule has 0 saturated carbocycles. The smallest absolute Gasteiger partial charge is 0.233 e. The molecular weight excluding hydrogens is 304 g/mol. The molecule has 1 aromatic heterocycles. The van der Waals surface area contributed by atoms with Gasteiger partial charge in [0.05, 0.1) is 13.2 Å². The molecule has 2 aromatic rings. The molecule has 6 heteroatoms. The van der Waals surface area contributed by atoms with Crippen LogP contribution in [0.15, 0.2) is 36.4 Å². The summed E-state index contributed by atoms with van der Waals surface area (Å²) in [5, 5.41) is 7.95. The second-order valence-corrected chi connectivity index (χ2v) is 5.41. The zero-order valence-corrected chi connectivity index (χ0v) is 12.8. The maximum absolute atomic E-state index is 5.79. The van der Waals surface area contributed by atoms with Gasteiger partial charge in [0.15, 0.2) is 5.15 Å². The van der Waals surface area contributed by atoms with Crippen LogP contribution in [0.5, 0.6) is 11.6 Å². The number of halogens is 1. The lowest BCUT2D eigenvalue weighted by Gasteiger charge is -2.10. The van der Waals surface area contributed by atoms with Gasteiger partial charge in [-0.25, -0.2) is 0 Å². The van der Waals surface area contributed by atoms with Crippen LogP contribution in [0.4, 0.5) is 0 Å². The lowest BCUT2D eigenvalue weighted by molar-refractivity contribution is 0.259. The Morgan fingerprint density at radius 1 is 1.14 bits per heavy atom. The number of aryl methyl sites for hydroxylation is 1. The molecule has 3 rings (SSSR count). The van der Waals surface area contributed by atoms with Crippen molar-refractivity contribution in [3.8, 4) is 11.6 Å². The van der Waals surface area contributed by atoms with Crippen LogP contribution < -0.4 is 9.47 Å². The summed E-state index contributed by atoms with van der Waals surface area (Å²) in [6.45, 7) is 1.99. The summed E-state index contributed by atoms with van der Waals surface area (Å²) in [5.41, 5.74) is 1.17. The van der Waals surface area contributed by atoms with Gasteiger partial charge < -0.3 is 14.2 Å². The number of rotatable bonds is 8. The van der Waals surface area contributed by atoms with Crippen molar-refractivity contribution in [3.05, 3.63) is 47.1 Å². The molecule has 1 aromatic carbocycles. The molecular formula is C16H17ClN2O3. The number of benzene rings is 1. The average Bonchev–Trinajstić information content (AvgIpc) is 3.36. The summed E-state index contributed by atoms with van der Waals surface area (Å²) in [7, 11) is 0. The normalized spacial score (nSPS) is 16.3. The largest absolute Gasteiger partial charge is 0.491 e. The van der Waals surface area contributed by atoms with Gasteiger partial charge in [-0.05, 0) is 30.5 Å². The Morgan fingerprint density at radius 3 is 2.77 bits per heavy atom. The second kappa shape index (κ2) is 7.42. The highest BCUT2D eigenvalue weighted by atomic mass is 35.5. The highest BCUT2D eigenvalue weighted by molar-refractivity contribution is 6.29. The maximum atomic E-state index is 5.79. The third-order valence-corrected chi connectivity index (χ3v) is 3.45. The Hall–Kier alpha value is -1.85. The van der Waals surface area contributed by atoms with Gasteiger partial charge in [0.1, 0.15) is 18.5 Å². The first-order valence-corrected chi connectivity index (χ1v) is 7.63. The van der Waals surface area contributed by atoms with Crippen LogP contribution in [0, 0.1) is 0 Å². The van der Waals surface area contributed by atoms with Gasteiger partial charge in [0.25, 0.3) is 0 Å². The monoisotopic (exact) mass is 320 g/mol. The van der Waals surface area contributed by atoms with E-state index in [9.17, 15) is 0 Å². The van der Waals surface area contributed by atoms with Crippen LogP contribution in [0.1, 0.15) is 12.0 Å². The summed E-state index contributed by atoms with van der Waals surface area (Å²) in [4.78, 5) is 0. The van der Waals surface area contributed by atoms with Crippen molar-refractivity contribution >= 4 is 11.6 Å². The fourth-order valence-corrected chi connectivity index (χ4v) is 2.12. The summed E-state index contributed by atoms with van der Waals surface area (Å²) >= 11 is 5.67. The van der Waals surface area contributed by atoms with Crippen LogP contribution in [0.2, 0.25) is 5.15 Å². The SMILES string of the molecule is Clc1ccc(OCCCc2ccccc2OCC2CO2)nn1. The van der Waals surface area contributed by atoms with Gasteiger partial charge >= 0.3 is 0 Å². The number of ether oxygens (including phenoxy) is 3. The number of hydrogen-bond acceptors (Lipinski definition) is 5. The minimum Gasteiger partial charge on any atom is -0.491 e. The zero-order chi connectivity index (χ0) is 15.2. The van der Waals surface area contributed by atoms with Crippen LogP contribution in [-0.2, 0) is 11.2 Å². The number of para-hydroxylation sites is 1. The molecule has 5 nitrogen and oxygen atoms in total. The van der Waals surface area contributed by atoms with Crippen LogP contribution in [0.3, 0.4) is 0 Å². The Balaban J connectivity index is 1.45. The van der Waals surface area contributed by atoms with E-state index >= 15 is 0 Å². The van der Waals surface area contributed by atoms with Gasteiger partial charge in [-0.2, -0.15) is 0 Å². The molecule has 1 atom stereocenters. The van der Waals surface area contributed by atoms with Crippen LogP contribution >= 0.6 is 11.6 Å². The van der Waals surface area contributed by atoms with Gasteiger partial charge in [0, 0.05) is 6.07 Å². The molecule has 0 spiro atoms. The predicted octanol–water partition coefficient (Wildman–Crippen LogP) is 2.92. The molecule has 0 N–H and O–H groups in total. The molecule has 1 aliphatic heterocycles. The summed E-state index contributed by atoms with van der Waals surface area (Å²) < 4.78 is 16.5. The molecule has 1 saturated heterocycles. The molecule has 0 aliphatic carbocycles. The van der Waals surface area contributed by atoms with E-state index in [0.717, 1.165) is 25.2 Å². The second-order valence-electron chi connectivity index (χ2n) is 5.02. The van der Waals surface area contributed by atoms with Crippen molar-refractivity contribution in [1.82, 2.24) is 10.2 Å². The molecule has 1 fully saturated rings. The highest BCUT2D eigenvalue weighted by Gasteiger charge is 2.23. The first kappa shape index (κ1) is 15.1. The molecule has 0 radical (unpaired) electrons. The highest BCUT2D eigenvalue weighted by Crippen LogP contribution is 2.21. The lowest BCUT2D eigenvalue weighted by Crippen LogP contribution is -2.07. The van der Waals surface area contributed by atoms with Crippen molar-refractivity contribution in [2.45, 2.75) is 18.9 Å². The first-order chi connectivity index (χ1) is 10.8. The Bertz CT molecular complexity index is 603. The summed E-state index contributed by atoms with van der Waals surface area (Å²) in [5.74, 6) is 1.41. The minimum absolute atomic E-state index is 0.264. The van der Waals surface area contributed by atoms with Crippen molar-refractivity contribution in [2.75, 3.05) is 19.8 Å². The van der Waals surface area contributed by atoms with E-state index in [1.165, 1.54) is 5.56 Å². The van der Waals surface area contributed by atoms with Gasteiger partial charge in [-0.3, -0.25) is 0 Å². The minimum atomic E-state index is 0.264. The molecule has 2 heterocycles. The number of aromatic nitrogens is 2. The number of epoxide rings is 1. The van der Waals surface area contributed by atoms with Gasteiger partial charge in [0.2, 0.25) is 5.88 Å². The quantitative estimate of drug-likeness (QED) is 0.553. The third-order valence-electron chi connectivity index (χ3n) is 3.25. The van der Waals surface area contributed by atoms with E-state index in [2.05, 4.69) is 16.3 Å². The fourth-order valence-electron chi connectivity index (χ4n) is 2.02. The van der Waals surface area contributed by atoms with Crippen molar-refractivity contribution in [1.29, 1.82) is 0 Å². The maximum Gasteiger partial charge on any atom is 0.233 e. The standard InChI is InChI=1S/C16H17ClN2O3/c17-15-7-8-16(19-18-15)20-9-3-5-12-4-1-2-6-14(12)22-11-13-10-21-13/h1-2,4,6-8,13H,3,5,9-11H2. The third kappa shape index (κ3) is 4.58. The predicted molar refractivity (Wildman–Crippen MR) is 82.5 cm³/mol. The molecule has 1 unspecified atom stereocenters. The first-order valence-electron chi connectivity index (χ1n) is 7.25. The number of hydrogen-bond donors (Lipinski definition) is 0. The van der Waals surface area contributed by atoms with E-state index in [4.69, 9.17) is 25.8 Å². The van der Waals surface area contributed by atoms with E-state index in [0.29, 0.717) is 24.2 Å². The van der Waals surface area contributed by atoms with E-state index in [1.54, 1.807) is 12.1 Å². The Labute approximate surface area is 134 Å². The lowest BCUT2D eigenvalue weighted by atomic mass is 10.1. The zero-order valence-electron chi connectivity index (χ0n) is 12.1. The van der Waals surface area contributed by atoms with Crippen molar-refractivity contribution in [2.24, 2.45) is 0 Å². The number of nitrogens with zero attached hydrogens (tertiary/aromatic N) is 2. The average molecular weight is 321 g/mol. The summed E-state index contributed by atoms with van der Waals surface area (Å²) in [6, 6.07) is 11.4. The fraction of sp³-hybridized carbons (Fsp3) is 0.375. The van der Waals surface area contributed by atoms with Crippen LogP contribution in [-0.4, -0.2) is 36.1 Å². The van der Waals surface area contributed by atoms with E-state index < -0.39 is 0 Å². The molecule has 0 bridgehead atoms. The Morgan fingerprint density at radius 2 is 2.00 bits per heavy atom. The van der Waals surface area contributed by atoms with Crippen molar-refractivity contribution < 1.29 is 14.2 Å². The molecule has 22 heavy (non-hydrogen) atoms.